The largest absolute Gasteiger partial charge is 0.234 e. The minimum absolute atomic E-state index is 0.197. The third-order valence-electron chi connectivity index (χ3n) is 10.3. The molecule has 1 saturated carbocycles. The maximum atomic E-state index is 5.30. The number of nitrogens with zero attached hydrogens (tertiary/aromatic N) is 5. The van der Waals surface area contributed by atoms with Crippen LogP contribution in [-0.4, -0.2) is 24.9 Å². The average molecular weight is 592 g/mol. The predicted molar refractivity (Wildman–Crippen MR) is 182 cm³/mol. The number of rotatable bonds is 3. The van der Waals surface area contributed by atoms with Crippen LogP contribution < -0.4 is 0 Å². The summed E-state index contributed by atoms with van der Waals surface area (Å²) in [6.45, 7) is 4.75. The molecule has 0 bridgehead atoms. The fourth-order valence-electron chi connectivity index (χ4n) is 8.23. The maximum Gasteiger partial charge on any atom is 0.201 e. The fourth-order valence-corrected chi connectivity index (χ4v) is 8.23. The van der Waals surface area contributed by atoms with Crippen molar-refractivity contribution in [3.63, 3.8) is 0 Å². The van der Waals surface area contributed by atoms with Gasteiger partial charge in [-0.1, -0.05) is 105 Å². The van der Waals surface area contributed by atoms with Crippen LogP contribution in [0.4, 0.5) is 0 Å². The van der Waals surface area contributed by atoms with Crippen molar-refractivity contribution in [2.45, 2.75) is 37.5 Å². The third kappa shape index (κ3) is 3.54. The predicted octanol–water partition coefficient (Wildman–Crippen LogP) is 9.37. The number of hydrogen-bond acceptors (Lipinski definition) is 5. The van der Waals surface area contributed by atoms with Gasteiger partial charge in [-0.3, -0.25) is 0 Å². The molecule has 2 aromatic heterocycles. The number of aromatic nitrogens is 5. The molecule has 0 amide bonds. The van der Waals surface area contributed by atoms with Gasteiger partial charge in [0.15, 0.2) is 17.5 Å². The number of fused-ring (bicyclic) bond motifs is 11. The highest BCUT2D eigenvalue weighted by Crippen LogP contribution is 2.66. The Labute approximate surface area is 267 Å². The summed E-state index contributed by atoms with van der Waals surface area (Å²) in [5.74, 6) is 3.31. The van der Waals surface area contributed by atoms with E-state index in [0.29, 0.717) is 35.1 Å². The molecule has 5 nitrogen and oxygen atoms in total. The van der Waals surface area contributed by atoms with E-state index in [9.17, 15) is 0 Å². The van der Waals surface area contributed by atoms with Crippen LogP contribution in [0, 0.1) is 0 Å². The molecule has 7 aromatic rings. The normalized spacial score (nSPS) is 17.9. The van der Waals surface area contributed by atoms with E-state index < -0.39 is 0 Å². The molecule has 3 aliphatic carbocycles. The standard InChI is InChI=1S/C41H29N5/c1-41(2)33-18-8-7-16-28(33)35-32(22-31-30-21-29(30)25-14-5-6-15-26(25)34(31)36(35)41)38-44-37(45-40(46-38)39-42-19-10-20-43-39)27-17-9-12-23-11-3-4-13-24(23)27/h3-20,22,29-30H,21H2,1-2H3. The molecule has 10 rings (SSSR count). The van der Waals surface area contributed by atoms with E-state index >= 15 is 0 Å². The molecule has 5 heteroatoms. The van der Waals surface area contributed by atoms with E-state index in [-0.39, 0.29) is 5.41 Å². The zero-order valence-corrected chi connectivity index (χ0v) is 25.6. The Morgan fingerprint density at radius 3 is 2.07 bits per heavy atom. The van der Waals surface area contributed by atoms with Crippen LogP contribution in [0.2, 0.25) is 0 Å². The highest BCUT2D eigenvalue weighted by molar-refractivity contribution is 6.00. The Bertz CT molecular complexity index is 2390. The van der Waals surface area contributed by atoms with Crippen molar-refractivity contribution >= 4 is 10.8 Å². The Morgan fingerprint density at radius 2 is 1.20 bits per heavy atom. The van der Waals surface area contributed by atoms with E-state index in [1.807, 2.05) is 6.07 Å². The summed E-state index contributed by atoms with van der Waals surface area (Å²) < 4.78 is 0. The smallest absolute Gasteiger partial charge is 0.201 e. The summed E-state index contributed by atoms with van der Waals surface area (Å²) in [6, 6.07) is 36.8. The second-order valence-electron chi connectivity index (χ2n) is 13.3. The van der Waals surface area contributed by atoms with E-state index in [1.165, 1.54) is 50.9 Å². The molecule has 3 aliphatic rings. The fraction of sp³-hybridized carbons (Fsp3) is 0.146. The first-order valence-corrected chi connectivity index (χ1v) is 16.0. The van der Waals surface area contributed by atoms with Gasteiger partial charge in [0.25, 0.3) is 0 Å². The maximum absolute atomic E-state index is 5.30. The summed E-state index contributed by atoms with van der Waals surface area (Å²) in [4.78, 5) is 24.6. The summed E-state index contributed by atoms with van der Waals surface area (Å²) >= 11 is 0. The van der Waals surface area contributed by atoms with Gasteiger partial charge in [0.1, 0.15) is 0 Å². The van der Waals surface area contributed by atoms with Crippen LogP contribution in [-0.2, 0) is 5.41 Å². The molecule has 2 heterocycles. The van der Waals surface area contributed by atoms with Crippen LogP contribution in [0.5, 0.6) is 0 Å². The molecule has 5 aromatic carbocycles. The monoisotopic (exact) mass is 591 g/mol. The van der Waals surface area contributed by atoms with Crippen molar-refractivity contribution in [1.29, 1.82) is 0 Å². The highest BCUT2D eigenvalue weighted by atomic mass is 15.1. The Hall–Kier alpha value is -5.55. The average Bonchev–Trinajstić information content (AvgIpc) is 3.88. The Balaban J connectivity index is 1.32. The summed E-state index contributed by atoms with van der Waals surface area (Å²) in [5.41, 5.74) is 12.7. The van der Waals surface area contributed by atoms with Gasteiger partial charge in [0.05, 0.1) is 0 Å². The van der Waals surface area contributed by atoms with Gasteiger partial charge in [-0.15, -0.1) is 0 Å². The van der Waals surface area contributed by atoms with Gasteiger partial charge in [-0.2, -0.15) is 0 Å². The lowest BCUT2D eigenvalue weighted by Crippen LogP contribution is -2.18. The molecular weight excluding hydrogens is 562 g/mol. The zero-order chi connectivity index (χ0) is 30.6. The van der Waals surface area contributed by atoms with Crippen molar-refractivity contribution in [1.82, 2.24) is 24.9 Å². The van der Waals surface area contributed by atoms with E-state index in [1.54, 1.807) is 12.4 Å². The third-order valence-corrected chi connectivity index (χ3v) is 10.3. The molecule has 1 fully saturated rings. The van der Waals surface area contributed by atoms with Crippen molar-refractivity contribution in [3.8, 4) is 56.7 Å². The first kappa shape index (κ1) is 25.7. The van der Waals surface area contributed by atoms with Gasteiger partial charge in [-0.05, 0) is 85.7 Å². The number of hydrogen-bond donors (Lipinski definition) is 0. The Kier molecular flexibility index (Phi) is 5.17. The SMILES string of the molecule is CC1(C)c2ccccc2-c2c(-c3nc(-c4ncccn4)nc(-c4cccc5ccccc45)n3)cc3c(c21)-c1ccccc1C1CC31. The molecule has 218 valence electrons. The molecule has 0 spiro atoms. The lowest BCUT2D eigenvalue weighted by Gasteiger charge is -2.30. The van der Waals surface area contributed by atoms with Crippen LogP contribution in [0.3, 0.4) is 0 Å². The van der Waals surface area contributed by atoms with Crippen LogP contribution >= 0.6 is 0 Å². The first-order valence-electron chi connectivity index (χ1n) is 16.0. The van der Waals surface area contributed by atoms with E-state index in [4.69, 9.17) is 15.0 Å². The zero-order valence-electron chi connectivity index (χ0n) is 25.6. The summed E-state index contributed by atoms with van der Waals surface area (Å²) in [6.07, 6.45) is 4.66. The van der Waals surface area contributed by atoms with Crippen molar-refractivity contribution in [3.05, 3.63) is 138 Å². The molecule has 0 N–H and O–H groups in total. The molecule has 2 atom stereocenters. The van der Waals surface area contributed by atoms with Gasteiger partial charge < -0.3 is 0 Å². The second kappa shape index (κ2) is 9.24. The Morgan fingerprint density at radius 1 is 0.543 bits per heavy atom. The lowest BCUT2D eigenvalue weighted by molar-refractivity contribution is 0.660. The highest BCUT2D eigenvalue weighted by Gasteiger charge is 2.50. The van der Waals surface area contributed by atoms with Gasteiger partial charge in [0.2, 0.25) is 5.82 Å². The van der Waals surface area contributed by atoms with E-state index in [0.717, 1.165) is 21.9 Å². The summed E-state index contributed by atoms with van der Waals surface area (Å²) in [7, 11) is 0. The van der Waals surface area contributed by atoms with E-state index in [2.05, 4.69) is 121 Å². The molecule has 2 unspecified atom stereocenters. The first-order chi connectivity index (χ1) is 22.6. The number of benzene rings is 5. The van der Waals surface area contributed by atoms with Crippen LogP contribution in [0.1, 0.15) is 54.4 Å². The summed E-state index contributed by atoms with van der Waals surface area (Å²) in [5, 5.41) is 2.24. The molecule has 0 radical (unpaired) electrons. The quantitative estimate of drug-likeness (QED) is 0.205. The molecule has 0 aliphatic heterocycles. The topological polar surface area (TPSA) is 64.5 Å². The minimum Gasteiger partial charge on any atom is -0.234 e. The van der Waals surface area contributed by atoms with Crippen LogP contribution in [0.25, 0.3) is 67.5 Å². The van der Waals surface area contributed by atoms with Gasteiger partial charge >= 0.3 is 0 Å². The van der Waals surface area contributed by atoms with Crippen molar-refractivity contribution in [2.24, 2.45) is 0 Å². The van der Waals surface area contributed by atoms with Gasteiger partial charge in [0, 0.05) is 28.9 Å². The minimum atomic E-state index is -0.197. The van der Waals surface area contributed by atoms with Crippen molar-refractivity contribution < 1.29 is 0 Å². The second-order valence-corrected chi connectivity index (χ2v) is 13.3. The lowest BCUT2D eigenvalue weighted by atomic mass is 9.73. The van der Waals surface area contributed by atoms with Crippen LogP contribution in [0.15, 0.2) is 116 Å². The van der Waals surface area contributed by atoms with Gasteiger partial charge in [-0.25, -0.2) is 24.9 Å². The molecule has 46 heavy (non-hydrogen) atoms. The molecule has 0 saturated heterocycles. The molecular formula is C41H29N5. The van der Waals surface area contributed by atoms with Crippen molar-refractivity contribution in [2.75, 3.05) is 0 Å².